The van der Waals surface area contributed by atoms with Gasteiger partial charge in [0.2, 0.25) is 0 Å². The highest BCUT2D eigenvalue weighted by molar-refractivity contribution is 7.98. The zero-order valence-electron chi connectivity index (χ0n) is 13.8. The van der Waals surface area contributed by atoms with Gasteiger partial charge in [-0.1, -0.05) is 29.3 Å². The highest BCUT2D eigenvalue weighted by Gasteiger charge is 2.12. The van der Waals surface area contributed by atoms with E-state index in [4.69, 9.17) is 27.9 Å². The van der Waals surface area contributed by atoms with Gasteiger partial charge in [-0.25, -0.2) is 4.68 Å². The van der Waals surface area contributed by atoms with Crippen molar-refractivity contribution in [3.8, 4) is 5.75 Å². The Balaban J connectivity index is 1.64. The van der Waals surface area contributed by atoms with Crippen LogP contribution in [0.15, 0.2) is 59.8 Å². The van der Waals surface area contributed by atoms with Crippen molar-refractivity contribution in [2.75, 3.05) is 11.6 Å². The fraction of sp³-hybridized carbons (Fsp3) is 0.111. The van der Waals surface area contributed by atoms with E-state index in [0.29, 0.717) is 27.0 Å². The number of nitrogens with zero attached hydrogens (tertiary/aromatic N) is 2. The van der Waals surface area contributed by atoms with Gasteiger partial charge in [-0.15, -0.1) is 11.8 Å². The number of thioether (sulfide) groups is 1. The third-order valence-corrected chi connectivity index (χ3v) is 4.76. The van der Waals surface area contributed by atoms with Crippen LogP contribution in [0.25, 0.3) is 0 Å². The minimum atomic E-state index is -0.291. The Bertz CT molecular complexity index is 930. The molecule has 0 spiro atoms. The maximum Gasteiger partial charge on any atom is 0.257 e. The summed E-state index contributed by atoms with van der Waals surface area (Å²) in [4.78, 5) is 13.4. The number of rotatable bonds is 6. The molecule has 5 nitrogen and oxygen atoms in total. The fourth-order valence-corrected chi connectivity index (χ4v) is 3.02. The molecule has 8 heteroatoms. The van der Waals surface area contributed by atoms with Gasteiger partial charge in [-0.3, -0.25) is 4.79 Å². The molecule has 0 aliphatic carbocycles. The van der Waals surface area contributed by atoms with Crippen molar-refractivity contribution in [3.63, 3.8) is 0 Å². The molecule has 0 unspecified atom stereocenters. The lowest BCUT2D eigenvalue weighted by Crippen LogP contribution is -2.12. The first-order valence-electron chi connectivity index (χ1n) is 7.61. The van der Waals surface area contributed by atoms with E-state index in [0.717, 1.165) is 4.90 Å². The lowest BCUT2D eigenvalue weighted by Gasteiger charge is -2.07. The van der Waals surface area contributed by atoms with Crippen LogP contribution in [-0.2, 0) is 6.73 Å². The molecule has 0 aliphatic rings. The number of carbonyl (C=O) groups is 1. The minimum Gasteiger partial charge on any atom is -0.471 e. The third-order valence-electron chi connectivity index (χ3n) is 3.47. The first-order chi connectivity index (χ1) is 12.5. The summed E-state index contributed by atoms with van der Waals surface area (Å²) in [5, 5.41) is 7.95. The van der Waals surface area contributed by atoms with Gasteiger partial charge in [0.15, 0.2) is 6.73 Å². The molecule has 0 atom stereocenters. The quantitative estimate of drug-likeness (QED) is 0.570. The molecule has 0 fully saturated rings. The highest BCUT2D eigenvalue weighted by atomic mass is 35.5. The molecule has 1 amide bonds. The second-order valence-electron chi connectivity index (χ2n) is 5.30. The van der Waals surface area contributed by atoms with E-state index in [1.54, 1.807) is 65.2 Å². The average molecular weight is 408 g/mol. The molecule has 134 valence electrons. The van der Waals surface area contributed by atoms with Crippen molar-refractivity contribution in [2.24, 2.45) is 0 Å². The Kier molecular flexibility index (Phi) is 6.08. The lowest BCUT2D eigenvalue weighted by atomic mass is 10.2. The second kappa shape index (κ2) is 8.49. The SMILES string of the molecule is CSc1ccc(Cl)c(C(=O)Nc2cnn(COc3cccc(Cl)c3)c2)c1. The lowest BCUT2D eigenvalue weighted by molar-refractivity contribution is 0.102. The van der Waals surface area contributed by atoms with Crippen LogP contribution in [0.4, 0.5) is 5.69 Å². The van der Waals surface area contributed by atoms with Gasteiger partial charge >= 0.3 is 0 Å². The van der Waals surface area contributed by atoms with Crippen LogP contribution in [0, 0.1) is 0 Å². The Morgan fingerprint density at radius 3 is 2.88 bits per heavy atom. The molecule has 0 bridgehead atoms. The maximum atomic E-state index is 12.4. The molecule has 0 aliphatic heterocycles. The molecule has 2 aromatic carbocycles. The van der Waals surface area contributed by atoms with Crippen molar-refractivity contribution in [3.05, 3.63) is 70.5 Å². The van der Waals surface area contributed by atoms with Crippen LogP contribution in [0.2, 0.25) is 10.0 Å². The Morgan fingerprint density at radius 1 is 1.27 bits per heavy atom. The summed E-state index contributed by atoms with van der Waals surface area (Å²) in [6, 6.07) is 12.4. The van der Waals surface area contributed by atoms with Crippen LogP contribution in [0.3, 0.4) is 0 Å². The standard InChI is InChI=1S/C18H15Cl2N3O2S/c1-26-15-5-6-17(20)16(8-15)18(24)22-13-9-21-23(10-13)11-25-14-4-2-3-12(19)7-14/h2-10H,11H2,1H3,(H,22,24). The van der Waals surface area contributed by atoms with E-state index in [1.807, 2.05) is 12.3 Å². The van der Waals surface area contributed by atoms with Gasteiger partial charge in [0.1, 0.15) is 5.75 Å². The fourth-order valence-electron chi connectivity index (χ4n) is 2.20. The Labute approximate surface area is 165 Å². The predicted molar refractivity (Wildman–Crippen MR) is 105 cm³/mol. The van der Waals surface area contributed by atoms with Crippen LogP contribution < -0.4 is 10.1 Å². The maximum absolute atomic E-state index is 12.4. The number of amides is 1. The molecule has 1 aromatic heterocycles. The molecule has 3 rings (SSSR count). The first kappa shape index (κ1) is 18.6. The molecule has 0 radical (unpaired) electrons. The summed E-state index contributed by atoms with van der Waals surface area (Å²) >= 11 is 13.6. The number of ether oxygens (including phenoxy) is 1. The summed E-state index contributed by atoms with van der Waals surface area (Å²) < 4.78 is 7.17. The number of carbonyl (C=O) groups excluding carboxylic acids is 1. The van der Waals surface area contributed by atoms with E-state index in [9.17, 15) is 4.79 Å². The van der Waals surface area contributed by atoms with Crippen LogP contribution in [-0.4, -0.2) is 21.9 Å². The minimum absolute atomic E-state index is 0.193. The monoisotopic (exact) mass is 407 g/mol. The van der Waals surface area contributed by atoms with Crippen LogP contribution in [0.1, 0.15) is 10.4 Å². The van der Waals surface area contributed by atoms with Crippen LogP contribution >= 0.6 is 35.0 Å². The summed E-state index contributed by atoms with van der Waals surface area (Å²) in [6.45, 7) is 0.193. The largest absolute Gasteiger partial charge is 0.471 e. The van der Waals surface area contributed by atoms with E-state index in [1.165, 1.54) is 0 Å². The van der Waals surface area contributed by atoms with E-state index < -0.39 is 0 Å². The summed E-state index contributed by atoms with van der Waals surface area (Å²) in [5.74, 6) is 0.348. The molecule has 3 aromatic rings. The molecule has 1 heterocycles. The summed E-state index contributed by atoms with van der Waals surface area (Å²) in [6.07, 6.45) is 5.16. The number of aromatic nitrogens is 2. The highest BCUT2D eigenvalue weighted by Crippen LogP contribution is 2.24. The molecule has 0 saturated heterocycles. The normalized spacial score (nSPS) is 10.6. The van der Waals surface area contributed by atoms with Crippen molar-refractivity contribution in [1.29, 1.82) is 0 Å². The number of hydrogen-bond donors (Lipinski definition) is 1. The third kappa shape index (κ3) is 4.72. The van der Waals surface area contributed by atoms with Crippen LogP contribution in [0.5, 0.6) is 5.75 Å². The van der Waals surface area contributed by atoms with Crippen molar-refractivity contribution in [2.45, 2.75) is 11.6 Å². The van der Waals surface area contributed by atoms with Crippen molar-refractivity contribution in [1.82, 2.24) is 9.78 Å². The van der Waals surface area contributed by atoms with Gasteiger partial charge in [-0.2, -0.15) is 5.10 Å². The number of benzene rings is 2. The second-order valence-corrected chi connectivity index (χ2v) is 7.02. The number of hydrogen-bond acceptors (Lipinski definition) is 4. The topological polar surface area (TPSA) is 56.2 Å². The molecule has 26 heavy (non-hydrogen) atoms. The first-order valence-corrected chi connectivity index (χ1v) is 9.59. The zero-order chi connectivity index (χ0) is 18.5. The number of nitrogens with one attached hydrogen (secondary N) is 1. The molecular weight excluding hydrogens is 393 g/mol. The summed E-state index contributed by atoms with van der Waals surface area (Å²) in [7, 11) is 0. The van der Waals surface area contributed by atoms with Gasteiger partial charge < -0.3 is 10.1 Å². The molecule has 0 saturated carbocycles. The summed E-state index contributed by atoms with van der Waals surface area (Å²) in [5.41, 5.74) is 0.969. The van der Waals surface area contributed by atoms with Crippen molar-refractivity contribution < 1.29 is 9.53 Å². The van der Waals surface area contributed by atoms with Gasteiger partial charge in [0, 0.05) is 9.92 Å². The van der Waals surface area contributed by atoms with E-state index in [2.05, 4.69) is 10.4 Å². The number of anilines is 1. The van der Waals surface area contributed by atoms with Gasteiger partial charge in [-0.05, 0) is 42.7 Å². The van der Waals surface area contributed by atoms with E-state index >= 15 is 0 Å². The van der Waals surface area contributed by atoms with Crippen molar-refractivity contribution >= 4 is 46.6 Å². The Hall–Kier alpha value is -2.15. The molecule has 1 N–H and O–H groups in total. The van der Waals surface area contributed by atoms with E-state index in [-0.39, 0.29) is 12.6 Å². The van der Waals surface area contributed by atoms with Gasteiger partial charge in [0.05, 0.1) is 28.7 Å². The molecular formula is C18H15Cl2N3O2S. The van der Waals surface area contributed by atoms with Gasteiger partial charge in [0.25, 0.3) is 5.91 Å². The Morgan fingerprint density at radius 2 is 2.12 bits per heavy atom. The predicted octanol–water partition coefficient (Wildman–Crippen LogP) is 5.20. The smallest absolute Gasteiger partial charge is 0.257 e. The average Bonchev–Trinajstić information content (AvgIpc) is 3.08. The zero-order valence-corrected chi connectivity index (χ0v) is 16.1. The number of halogens is 2.